The molecule has 6 nitrogen and oxygen atoms in total. The number of aromatic carboxylic acids is 1. The smallest absolute Gasteiger partial charge is 0.347 e. The maximum atomic E-state index is 12.3. The number of hydrogen-bond acceptors (Lipinski definition) is 5. The van der Waals surface area contributed by atoms with Crippen LogP contribution in [0.5, 0.6) is 0 Å². The fourth-order valence-electron chi connectivity index (χ4n) is 2.82. The zero-order chi connectivity index (χ0) is 17.1. The first-order chi connectivity index (χ1) is 11.5. The van der Waals surface area contributed by atoms with Gasteiger partial charge in [-0.15, -0.1) is 11.3 Å². The lowest BCUT2D eigenvalue weighted by atomic mass is 10.2. The predicted molar refractivity (Wildman–Crippen MR) is 93.6 cm³/mol. The van der Waals surface area contributed by atoms with Gasteiger partial charge in [0.25, 0.3) is 0 Å². The van der Waals surface area contributed by atoms with Gasteiger partial charge in [-0.3, -0.25) is 9.69 Å². The lowest BCUT2D eigenvalue weighted by Gasteiger charge is -2.15. The molecule has 0 atom stereocenters. The first-order valence-electron chi connectivity index (χ1n) is 7.87. The summed E-state index contributed by atoms with van der Waals surface area (Å²) in [5, 5.41) is 12.7. The van der Waals surface area contributed by atoms with Gasteiger partial charge in [-0.2, -0.15) is 0 Å². The lowest BCUT2D eigenvalue weighted by molar-refractivity contribution is -0.117. The Balaban J connectivity index is 1.81. The maximum Gasteiger partial charge on any atom is 0.347 e. The number of likely N-dealkylation sites (tertiary alicyclic amines) is 1. The molecule has 1 saturated heterocycles. The monoisotopic (exact) mass is 345 g/mol. The molecule has 0 saturated carbocycles. The quantitative estimate of drug-likeness (QED) is 0.871. The first kappa shape index (κ1) is 16.6. The van der Waals surface area contributed by atoms with E-state index in [-0.39, 0.29) is 10.8 Å². The second-order valence-corrected chi connectivity index (χ2v) is 6.81. The number of carboxylic acid groups (broad SMARTS) is 1. The van der Waals surface area contributed by atoms with Gasteiger partial charge in [0.2, 0.25) is 5.91 Å². The van der Waals surface area contributed by atoms with Crippen molar-refractivity contribution in [2.75, 3.05) is 25.0 Å². The van der Waals surface area contributed by atoms with Crippen molar-refractivity contribution in [2.24, 2.45) is 0 Å². The number of rotatable bonds is 5. The zero-order valence-corrected chi connectivity index (χ0v) is 14.2. The Morgan fingerprint density at radius 2 is 2.00 bits per heavy atom. The number of nitrogens with one attached hydrogen (secondary N) is 1. The third-order valence-corrected chi connectivity index (χ3v) is 5.17. The second kappa shape index (κ2) is 7.11. The van der Waals surface area contributed by atoms with E-state index in [1.165, 1.54) is 0 Å². The fourth-order valence-corrected chi connectivity index (χ4v) is 3.77. The van der Waals surface area contributed by atoms with Crippen LogP contribution in [-0.2, 0) is 4.79 Å². The van der Waals surface area contributed by atoms with E-state index in [2.05, 4.69) is 15.2 Å². The van der Waals surface area contributed by atoms with Crippen LogP contribution in [0.1, 0.15) is 28.2 Å². The molecule has 1 aliphatic heterocycles. The Bertz CT molecular complexity index is 766. The van der Waals surface area contributed by atoms with Gasteiger partial charge < -0.3 is 10.4 Å². The molecule has 2 N–H and O–H groups in total. The van der Waals surface area contributed by atoms with E-state index in [1.54, 1.807) is 6.92 Å². The van der Waals surface area contributed by atoms with Crippen LogP contribution in [0.25, 0.3) is 10.6 Å². The summed E-state index contributed by atoms with van der Waals surface area (Å²) < 4.78 is 0. The molecule has 0 unspecified atom stereocenters. The maximum absolute atomic E-state index is 12.3. The van der Waals surface area contributed by atoms with Crippen LogP contribution in [0, 0.1) is 6.92 Å². The van der Waals surface area contributed by atoms with E-state index in [9.17, 15) is 14.7 Å². The van der Waals surface area contributed by atoms with Gasteiger partial charge in [0.1, 0.15) is 9.88 Å². The Labute approximate surface area is 144 Å². The molecule has 1 fully saturated rings. The Morgan fingerprint density at radius 3 is 2.67 bits per heavy atom. The molecule has 126 valence electrons. The molecule has 0 radical (unpaired) electrons. The van der Waals surface area contributed by atoms with Gasteiger partial charge in [0.15, 0.2) is 0 Å². The second-order valence-electron chi connectivity index (χ2n) is 5.82. The van der Waals surface area contributed by atoms with E-state index in [1.807, 2.05) is 24.3 Å². The molecular weight excluding hydrogens is 326 g/mol. The summed E-state index contributed by atoms with van der Waals surface area (Å²) in [7, 11) is 0. The number of hydrogen-bond donors (Lipinski definition) is 2. The number of nitrogens with zero attached hydrogens (tertiary/aromatic N) is 2. The third kappa shape index (κ3) is 3.63. The van der Waals surface area contributed by atoms with E-state index in [0.717, 1.165) is 42.8 Å². The molecule has 7 heteroatoms. The molecule has 0 spiro atoms. The summed E-state index contributed by atoms with van der Waals surface area (Å²) in [4.78, 5) is 30.2. The van der Waals surface area contributed by atoms with Crippen molar-refractivity contribution >= 4 is 28.9 Å². The molecular formula is C17H19N3O3S. The van der Waals surface area contributed by atoms with E-state index in [0.29, 0.717) is 22.9 Å². The molecule has 1 amide bonds. The average Bonchev–Trinajstić information content (AvgIpc) is 3.17. The Hall–Kier alpha value is -2.25. The van der Waals surface area contributed by atoms with Crippen LogP contribution in [-0.4, -0.2) is 46.5 Å². The van der Waals surface area contributed by atoms with Crippen molar-refractivity contribution in [3.05, 3.63) is 34.8 Å². The van der Waals surface area contributed by atoms with Gasteiger partial charge in [0, 0.05) is 5.56 Å². The number of thiazole rings is 1. The number of amides is 1. The molecule has 0 bridgehead atoms. The number of para-hydroxylation sites is 1. The normalized spacial score (nSPS) is 14.7. The van der Waals surface area contributed by atoms with Crippen LogP contribution in [0.4, 0.5) is 5.69 Å². The molecule has 24 heavy (non-hydrogen) atoms. The van der Waals surface area contributed by atoms with Gasteiger partial charge in [0.05, 0.1) is 17.9 Å². The largest absolute Gasteiger partial charge is 0.477 e. The van der Waals surface area contributed by atoms with Crippen molar-refractivity contribution in [1.82, 2.24) is 9.88 Å². The van der Waals surface area contributed by atoms with Crippen molar-refractivity contribution in [3.63, 3.8) is 0 Å². The average molecular weight is 345 g/mol. The number of anilines is 1. The highest BCUT2D eigenvalue weighted by molar-refractivity contribution is 7.17. The van der Waals surface area contributed by atoms with Crippen molar-refractivity contribution in [1.29, 1.82) is 0 Å². The van der Waals surface area contributed by atoms with E-state index >= 15 is 0 Å². The first-order valence-corrected chi connectivity index (χ1v) is 8.68. The molecule has 3 rings (SSSR count). The standard InChI is InChI=1S/C17H19N3O3S/c1-11-15(17(22)23)24-16(18-11)12-6-2-3-7-13(12)19-14(21)10-20-8-4-5-9-20/h2-3,6-7H,4-5,8-10H2,1H3,(H,19,21)(H,22,23). The van der Waals surface area contributed by atoms with Crippen LogP contribution in [0.3, 0.4) is 0 Å². The Kier molecular flexibility index (Phi) is 4.92. The number of carbonyl (C=O) groups excluding carboxylic acids is 1. The van der Waals surface area contributed by atoms with Crippen LogP contribution in [0.2, 0.25) is 0 Å². The molecule has 2 heterocycles. The van der Waals surface area contributed by atoms with E-state index < -0.39 is 5.97 Å². The third-order valence-electron chi connectivity index (χ3n) is 3.99. The van der Waals surface area contributed by atoms with Crippen molar-refractivity contribution < 1.29 is 14.7 Å². The van der Waals surface area contributed by atoms with Crippen molar-refractivity contribution in [2.45, 2.75) is 19.8 Å². The van der Waals surface area contributed by atoms with Gasteiger partial charge >= 0.3 is 5.97 Å². The minimum absolute atomic E-state index is 0.0592. The highest BCUT2D eigenvalue weighted by Gasteiger charge is 2.19. The minimum Gasteiger partial charge on any atom is -0.477 e. The summed E-state index contributed by atoms with van der Waals surface area (Å²) in [6.07, 6.45) is 2.28. The predicted octanol–water partition coefficient (Wildman–Crippen LogP) is 2.85. The highest BCUT2D eigenvalue weighted by atomic mass is 32.1. The number of aromatic nitrogens is 1. The number of carboxylic acids is 1. The van der Waals surface area contributed by atoms with Gasteiger partial charge in [-0.05, 0) is 45.0 Å². The van der Waals surface area contributed by atoms with E-state index in [4.69, 9.17) is 0 Å². The summed E-state index contributed by atoms with van der Waals surface area (Å²) >= 11 is 1.12. The molecule has 0 aliphatic carbocycles. The van der Waals surface area contributed by atoms with Gasteiger partial charge in [-0.25, -0.2) is 9.78 Å². The number of carbonyl (C=O) groups is 2. The summed E-state index contributed by atoms with van der Waals surface area (Å²) in [5.41, 5.74) is 1.89. The van der Waals surface area contributed by atoms with Crippen LogP contribution in [0.15, 0.2) is 24.3 Å². The molecule has 1 aromatic heterocycles. The minimum atomic E-state index is -0.980. The summed E-state index contributed by atoms with van der Waals surface area (Å²) in [6, 6.07) is 7.35. The topological polar surface area (TPSA) is 82.5 Å². The van der Waals surface area contributed by atoms with Gasteiger partial charge in [-0.1, -0.05) is 12.1 Å². The highest BCUT2D eigenvalue weighted by Crippen LogP contribution is 2.33. The molecule has 1 aromatic carbocycles. The summed E-state index contributed by atoms with van der Waals surface area (Å²) in [5.74, 6) is -1.04. The van der Waals surface area contributed by atoms with Crippen LogP contribution < -0.4 is 5.32 Å². The number of benzene rings is 1. The van der Waals surface area contributed by atoms with Crippen molar-refractivity contribution in [3.8, 4) is 10.6 Å². The molecule has 1 aliphatic rings. The van der Waals surface area contributed by atoms with Crippen LogP contribution >= 0.6 is 11.3 Å². The fraction of sp³-hybridized carbons (Fsp3) is 0.353. The molecule has 2 aromatic rings. The zero-order valence-electron chi connectivity index (χ0n) is 13.4. The number of aryl methyl sites for hydroxylation is 1. The summed E-state index contributed by atoms with van der Waals surface area (Å²) in [6.45, 7) is 3.98. The SMILES string of the molecule is Cc1nc(-c2ccccc2NC(=O)CN2CCCC2)sc1C(=O)O. The lowest BCUT2D eigenvalue weighted by Crippen LogP contribution is -2.31. The Morgan fingerprint density at radius 1 is 1.29 bits per heavy atom.